The molecule has 4 aromatic rings. The Morgan fingerprint density at radius 2 is 1.91 bits per heavy atom. The molecule has 164 valence electrons. The maximum absolute atomic E-state index is 13.1. The fraction of sp³-hybridized carbons (Fsp3) is 0.0952. The first-order valence-corrected chi connectivity index (χ1v) is 11.7. The number of anilines is 1. The molecule has 2 heterocycles. The summed E-state index contributed by atoms with van der Waals surface area (Å²) in [5.41, 5.74) is 0.0395. The molecule has 4 rings (SSSR count). The van der Waals surface area contributed by atoms with E-state index in [4.69, 9.17) is 0 Å². The molecule has 2 aromatic carbocycles. The summed E-state index contributed by atoms with van der Waals surface area (Å²) >= 11 is 5.66. The van der Waals surface area contributed by atoms with Gasteiger partial charge in [-0.2, -0.15) is 13.2 Å². The Bertz CT molecular complexity index is 1350. The van der Waals surface area contributed by atoms with Crippen LogP contribution in [0.4, 0.5) is 18.9 Å². The maximum atomic E-state index is 13.1. The van der Waals surface area contributed by atoms with E-state index < -0.39 is 17.6 Å². The van der Waals surface area contributed by atoms with Crippen molar-refractivity contribution >= 4 is 60.8 Å². The van der Waals surface area contributed by atoms with E-state index in [1.165, 1.54) is 28.0 Å². The lowest BCUT2D eigenvalue weighted by atomic mass is 10.2. The number of thioether (sulfide) groups is 1. The zero-order valence-corrected chi connectivity index (χ0v) is 19.2. The molecule has 0 unspecified atom stereocenters. The van der Waals surface area contributed by atoms with Crippen LogP contribution < -0.4 is 10.9 Å². The topological polar surface area (TPSA) is 64.0 Å². The molecule has 0 aliphatic heterocycles. The molecule has 32 heavy (non-hydrogen) atoms. The molecule has 1 N–H and O–H groups in total. The number of alkyl halides is 3. The molecule has 0 aliphatic rings. The van der Waals surface area contributed by atoms with Gasteiger partial charge in [-0.05, 0) is 53.9 Å². The zero-order chi connectivity index (χ0) is 22.9. The van der Waals surface area contributed by atoms with Gasteiger partial charge in [-0.1, -0.05) is 33.8 Å². The van der Waals surface area contributed by atoms with Crippen LogP contribution in [0.25, 0.3) is 15.9 Å². The van der Waals surface area contributed by atoms with Crippen molar-refractivity contribution in [3.8, 4) is 5.69 Å². The van der Waals surface area contributed by atoms with Crippen molar-refractivity contribution in [1.82, 2.24) is 9.55 Å². The number of carbonyl (C=O) groups is 1. The molecule has 1 amide bonds. The Morgan fingerprint density at radius 1 is 1.16 bits per heavy atom. The summed E-state index contributed by atoms with van der Waals surface area (Å²) in [6, 6.07) is 13.2. The van der Waals surface area contributed by atoms with Gasteiger partial charge in [0.05, 0.1) is 22.5 Å². The average Bonchev–Trinajstić information content (AvgIpc) is 3.22. The minimum Gasteiger partial charge on any atom is -0.325 e. The molecule has 0 bridgehead atoms. The van der Waals surface area contributed by atoms with E-state index in [0.717, 1.165) is 28.4 Å². The largest absolute Gasteiger partial charge is 0.416 e. The lowest BCUT2D eigenvalue weighted by Crippen LogP contribution is -2.22. The first-order chi connectivity index (χ1) is 15.2. The van der Waals surface area contributed by atoms with E-state index in [0.29, 0.717) is 21.1 Å². The predicted octanol–water partition coefficient (Wildman–Crippen LogP) is 5.96. The number of hydrogen-bond donors (Lipinski definition) is 1. The summed E-state index contributed by atoms with van der Waals surface area (Å²) in [5, 5.41) is 4.53. The third-order valence-corrected chi connectivity index (χ3v) is 6.70. The number of nitrogens with zero attached hydrogens (tertiary/aromatic N) is 2. The summed E-state index contributed by atoms with van der Waals surface area (Å²) in [4.78, 5) is 30.0. The highest BCUT2D eigenvalue weighted by Gasteiger charge is 2.30. The minimum absolute atomic E-state index is 0.0389. The number of nitrogens with one attached hydrogen (secondary N) is 1. The van der Waals surface area contributed by atoms with Gasteiger partial charge in [-0.25, -0.2) is 4.98 Å². The smallest absolute Gasteiger partial charge is 0.325 e. The number of benzene rings is 2. The third-order valence-electron chi connectivity index (χ3n) is 4.34. The number of fused-ring (bicyclic) bond motifs is 1. The molecule has 0 spiro atoms. The highest BCUT2D eigenvalue weighted by atomic mass is 79.9. The molecule has 0 fully saturated rings. The highest BCUT2D eigenvalue weighted by Crippen LogP contribution is 2.31. The number of carbonyl (C=O) groups excluding carboxylic acids is 1. The lowest BCUT2D eigenvalue weighted by Gasteiger charge is -2.13. The maximum Gasteiger partial charge on any atom is 0.416 e. The quantitative estimate of drug-likeness (QED) is 0.251. The van der Waals surface area contributed by atoms with Gasteiger partial charge in [0.25, 0.3) is 5.56 Å². The van der Waals surface area contributed by atoms with Crippen molar-refractivity contribution in [2.45, 2.75) is 11.3 Å². The molecule has 2 aromatic heterocycles. The molecule has 0 aliphatic carbocycles. The number of halogens is 4. The van der Waals surface area contributed by atoms with Gasteiger partial charge < -0.3 is 5.32 Å². The second kappa shape index (κ2) is 9.08. The molecule has 0 radical (unpaired) electrons. The van der Waals surface area contributed by atoms with Crippen LogP contribution in [0.3, 0.4) is 0 Å². The lowest BCUT2D eigenvalue weighted by molar-refractivity contribution is -0.137. The zero-order valence-electron chi connectivity index (χ0n) is 16.0. The minimum atomic E-state index is -4.50. The fourth-order valence-corrected chi connectivity index (χ4v) is 4.74. The summed E-state index contributed by atoms with van der Waals surface area (Å²) in [7, 11) is 0. The molecule has 0 atom stereocenters. The van der Waals surface area contributed by atoms with Crippen molar-refractivity contribution in [2.75, 3.05) is 11.1 Å². The van der Waals surface area contributed by atoms with E-state index in [1.807, 2.05) is 0 Å². The number of thiophene rings is 1. The summed E-state index contributed by atoms with van der Waals surface area (Å²) in [6.07, 6.45) is -4.50. The predicted molar refractivity (Wildman–Crippen MR) is 124 cm³/mol. The fourth-order valence-electron chi connectivity index (χ4n) is 2.91. The summed E-state index contributed by atoms with van der Waals surface area (Å²) in [6.45, 7) is 0. The number of hydrogen-bond acceptors (Lipinski definition) is 5. The molecular weight excluding hydrogens is 527 g/mol. The van der Waals surface area contributed by atoms with E-state index in [2.05, 4.69) is 26.2 Å². The van der Waals surface area contributed by atoms with E-state index in [1.54, 1.807) is 35.7 Å². The Labute approximate surface area is 196 Å². The SMILES string of the molecule is O=C(CSc1nc2ccsc2c(=O)n1-c1ccc(Br)cc1)Nc1cccc(C(F)(F)F)c1. The van der Waals surface area contributed by atoms with E-state index in [9.17, 15) is 22.8 Å². The molecule has 11 heteroatoms. The Kier molecular flexibility index (Phi) is 6.40. The van der Waals surface area contributed by atoms with E-state index >= 15 is 0 Å². The Morgan fingerprint density at radius 3 is 2.62 bits per heavy atom. The van der Waals surface area contributed by atoms with Crippen LogP contribution in [-0.4, -0.2) is 21.2 Å². The van der Waals surface area contributed by atoms with Crippen molar-refractivity contribution in [2.24, 2.45) is 0 Å². The molecule has 5 nitrogen and oxygen atoms in total. The van der Waals surface area contributed by atoms with Crippen LogP contribution >= 0.6 is 39.0 Å². The van der Waals surface area contributed by atoms with Gasteiger partial charge in [0.2, 0.25) is 5.91 Å². The van der Waals surface area contributed by atoms with Crippen molar-refractivity contribution in [3.63, 3.8) is 0 Å². The van der Waals surface area contributed by atoms with Gasteiger partial charge in [0, 0.05) is 10.2 Å². The molecule has 0 saturated carbocycles. The normalized spacial score (nSPS) is 11.6. The van der Waals surface area contributed by atoms with Crippen LogP contribution in [0.15, 0.2) is 74.4 Å². The second-order valence-electron chi connectivity index (χ2n) is 6.56. The molecule has 0 saturated heterocycles. The van der Waals surface area contributed by atoms with Gasteiger partial charge in [-0.3, -0.25) is 14.2 Å². The first kappa shape index (κ1) is 22.6. The Hall–Kier alpha value is -2.63. The van der Waals surface area contributed by atoms with Crippen LogP contribution in [0.2, 0.25) is 0 Å². The molecular formula is C21H13BrF3N3O2S2. The van der Waals surface area contributed by atoms with Crippen molar-refractivity contribution < 1.29 is 18.0 Å². The summed E-state index contributed by atoms with van der Waals surface area (Å²) < 4.78 is 41.4. The first-order valence-electron chi connectivity index (χ1n) is 9.08. The number of rotatable bonds is 5. The van der Waals surface area contributed by atoms with Crippen molar-refractivity contribution in [3.05, 3.63) is 80.4 Å². The van der Waals surface area contributed by atoms with Gasteiger partial charge in [0.15, 0.2) is 5.16 Å². The average molecular weight is 540 g/mol. The standard InChI is InChI=1S/C21H13BrF3N3O2S2/c22-13-4-6-15(7-5-13)28-19(30)18-16(8-9-31-18)27-20(28)32-11-17(29)26-14-3-1-2-12(10-14)21(23,24)25/h1-10H,11H2,(H,26,29). The summed E-state index contributed by atoms with van der Waals surface area (Å²) in [5.74, 6) is -0.661. The van der Waals surface area contributed by atoms with Crippen LogP contribution in [0, 0.1) is 0 Å². The van der Waals surface area contributed by atoms with Gasteiger partial charge in [0.1, 0.15) is 4.70 Å². The number of aromatic nitrogens is 2. The van der Waals surface area contributed by atoms with Gasteiger partial charge in [-0.15, -0.1) is 11.3 Å². The number of amides is 1. The third kappa shape index (κ3) is 4.89. The van der Waals surface area contributed by atoms with Gasteiger partial charge >= 0.3 is 6.18 Å². The van der Waals surface area contributed by atoms with Crippen LogP contribution in [0.5, 0.6) is 0 Å². The second-order valence-corrected chi connectivity index (χ2v) is 9.34. The van der Waals surface area contributed by atoms with Crippen LogP contribution in [0.1, 0.15) is 5.56 Å². The van der Waals surface area contributed by atoms with Crippen molar-refractivity contribution in [1.29, 1.82) is 0 Å². The highest BCUT2D eigenvalue weighted by molar-refractivity contribution is 9.10. The van der Waals surface area contributed by atoms with Crippen LogP contribution in [-0.2, 0) is 11.0 Å². The van der Waals surface area contributed by atoms with E-state index in [-0.39, 0.29) is 17.0 Å². The Balaban J connectivity index is 1.59. The monoisotopic (exact) mass is 539 g/mol.